The van der Waals surface area contributed by atoms with E-state index in [9.17, 15) is 22.4 Å². The van der Waals surface area contributed by atoms with E-state index in [-0.39, 0.29) is 57.4 Å². The molecule has 2 aromatic heterocycles. The molecule has 324 valence electrons. The van der Waals surface area contributed by atoms with Crippen LogP contribution in [-0.4, -0.2) is 41.3 Å². The maximum absolute atomic E-state index is 12.4. The van der Waals surface area contributed by atoms with Gasteiger partial charge in [0.1, 0.15) is 13.2 Å². The van der Waals surface area contributed by atoms with Gasteiger partial charge in [0.25, 0.3) is 21.2 Å². The number of nitrogens with zero attached hydrogens (tertiary/aromatic N) is 4. The topological polar surface area (TPSA) is 132 Å². The van der Waals surface area contributed by atoms with Gasteiger partial charge >= 0.3 is 0 Å². The number of hydrogen-bond acceptors (Lipinski definition) is 9. The van der Waals surface area contributed by atoms with Crippen molar-refractivity contribution < 1.29 is 26.5 Å². The van der Waals surface area contributed by atoms with E-state index < -0.39 is 21.2 Å². The number of ether oxygens (including phenoxy) is 2. The van der Waals surface area contributed by atoms with Gasteiger partial charge < -0.3 is 9.47 Å². The van der Waals surface area contributed by atoms with E-state index in [0.29, 0.717) is 19.4 Å². The summed E-state index contributed by atoms with van der Waals surface area (Å²) >= 11 is 12.3. The Kier molecular flexibility index (Phi) is 17.5. The summed E-state index contributed by atoms with van der Waals surface area (Å²) in [5.74, 6) is 0.529. The van der Waals surface area contributed by atoms with Crippen molar-refractivity contribution in [2.75, 3.05) is 13.3 Å². The van der Waals surface area contributed by atoms with Crippen LogP contribution < -0.4 is 20.6 Å². The van der Waals surface area contributed by atoms with Crippen LogP contribution in [0.4, 0.5) is 4.39 Å². The zero-order chi connectivity index (χ0) is 44.1. The molecule has 0 bridgehead atoms. The molecule has 0 spiro atoms. The van der Waals surface area contributed by atoms with Gasteiger partial charge in [-0.15, -0.1) is 0 Å². The standard InChI is InChI=1S/C26H31ClN2O5S.C19H24ClFN2O2/c1-19-8-14-22(15-9-19)35(31,32)34-16-6-5-7-20-10-12-21(13-11-20)18-33-23-17-28-29(26(2,3)4)25(30)24(23)27;1-19(2,3)23-18(24)17(20)16(12-22-23)25-13-15-9-7-14(8-10-15)6-4-5-11-21/h8-15,17H,5-7,16,18H2,1-4H3;7-10,12H,4-6,11,13H2,1-3H3. The largest absolute Gasteiger partial charge is 0.485 e. The first-order valence-corrected chi connectivity index (χ1v) is 22.0. The summed E-state index contributed by atoms with van der Waals surface area (Å²) in [6, 6.07) is 22.4. The molecule has 11 nitrogen and oxygen atoms in total. The summed E-state index contributed by atoms with van der Waals surface area (Å²) in [6.07, 6.45) is 7.47. The Labute approximate surface area is 362 Å². The lowest BCUT2D eigenvalue weighted by Gasteiger charge is -2.21. The molecule has 0 aliphatic rings. The maximum atomic E-state index is 12.4. The van der Waals surface area contributed by atoms with Crippen LogP contribution in [0.25, 0.3) is 0 Å². The monoisotopic (exact) mass is 884 g/mol. The molecule has 0 aliphatic heterocycles. The van der Waals surface area contributed by atoms with Crippen LogP contribution in [0.15, 0.2) is 99.7 Å². The molecule has 0 saturated heterocycles. The zero-order valence-corrected chi connectivity index (χ0v) is 37.7. The smallest absolute Gasteiger partial charge is 0.296 e. The molecule has 0 saturated carbocycles. The Bertz CT molecular complexity index is 2370. The van der Waals surface area contributed by atoms with Crippen molar-refractivity contribution in [2.24, 2.45) is 0 Å². The highest BCUT2D eigenvalue weighted by Gasteiger charge is 2.21. The first kappa shape index (κ1) is 48.1. The highest BCUT2D eigenvalue weighted by atomic mass is 35.5. The first-order chi connectivity index (χ1) is 28.3. The second-order valence-corrected chi connectivity index (χ2v) is 18.7. The molecular formula is C45H55Cl2FN4O7S. The van der Waals surface area contributed by atoms with Crippen molar-refractivity contribution in [1.82, 2.24) is 19.6 Å². The molecule has 0 N–H and O–H groups in total. The average Bonchev–Trinajstić information content (AvgIpc) is 3.19. The maximum Gasteiger partial charge on any atom is 0.296 e. The van der Waals surface area contributed by atoms with E-state index in [2.05, 4.69) is 10.2 Å². The molecule has 5 aromatic rings. The van der Waals surface area contributed by atoms with E-state index >= 15 is 0 Å². The Balaban J connectivity index is 0.000000280. The molecule has 2 heterocycles. The van der Waals surface area contributed by atoms with Gasteiger partial charge in [-0.1, -0.05) is 89.4 Å². The van der Waals surface area contributed by atoms with Gasteiger partial charge in [-0.2, -0.15) is 18.6 Å². The highest BCUT2D eigenvalue weighted by molar-refractivity contribution is 7.86. The van der Waals surface area contributed by atoms with E-state index in [1.165, 1.54) is 27.3 Å². The van der Waals surface area contributed by atoms with Gasteiger partial charge in [-0.25, -0.2) is 9.36 Å². The molecule has 0 fully saturated rings. The third-order valence-electron chi connectivity index (χ3n) is 9.14. The fourth-order valence-electron chi connectivity index (χ4n) is 5.72. The van der Waals surface area contributed by atoms with Crippen molar-refractivity contribution >= 4 is 33.3 Å². The predicted octanol–water partition coefficient (Wildman–Crippen LogP) is 9.79. The second-order valence-electron chi connectivity index (χ2n) is 16.3. The molecule has 0 amide bonds. The number of alkyl halides is 1. The number of benzene rings is 3. The van der Waals surface area contributed by atoms with Crippen molar-refractivity contribution in [3.05, 3.63) is 144 Å². The average molecular weight is 886 g/mol. The number of halogens is 3. The van der Waals surface area contributed by atoms with Gasteiger partial charge in [0.2, 0.25) is 0 Å². The van der Waals surface area contributed by atoms with Crippen LogP contribution in [0.2, 0.25) is 10.0 Å². The minimum absolute atomic E-state index is 0.0122. The molecule has 3 aromatic carbocycles. The summed E-state index contributed by atoms with van der Waals surface area (Å²) in [5, 5.41) is 8.36. The summed E-state index contributed by atoms with van der Waals surface area (Å²) in [5.41, 5.74) is 3.51. The van der Waals surface area contributed by atoms with Crippen LogP contribution in [0, 0.1) is 6.92 Å². The Morgan fingerprint density at radius 1 is 0.617 bits per heavy atom. The summed E-state index contributed by atoms with van der Waals surface area (Å²) < 4.78 is 55.7. The second kappa shape index (κ2) is 21.8. The lowest BCUT2D eigenvalue weighted by Crippen LogP contribution is -2.36. The van der Waals surface area contributed by atoms with Crippen LogP contribution in [0.1, 0.15) is 95.0 Å². The van der Waals surface area contributed by atoms with E-state index in [4.69, 9.17) is 36.9 Å². The predicted molar refractivity (Wildman–Crippen MR) is 235 cm³/mol. The van der Waals surface area contributed by atoms with Gasteiger partial charge in [0.05, 0.1) is 41.6 Å². The number of rotatable bonds is 17. The van der Waals surface area contributed by atoms with Gasteiger partial charge in [0.15, 0.2) is 21.5 Å². The van der Waals surface area contributed by atoms with Crippen molar-refractivity contribution in [3.63, 3.8) is 0 Å². The van der Waals surface area contributed by atoms with E-state index in [1.54, 1.807) is 24.3 Å². The van der Waals surface area contributed by atoms with E-state index in [1.807, 2.05) is 97.0 Å². The Morgan fingerprint density at radius 2 is 1.02 bits per heavy atom. The van der Waals surface area contributed by atoms with Gasteiger partial charge in [-0.3, -0.25) is 18.2 Å². The third-order valence-corrected chi connectivity index (χ3v) is 11.2. The number of unbranched alkanes of at least 4 members (excludes halogenated alkanes) is 2. The van der Waals surface area contributed by atoms with Crippen molar-refractivity contribution in [2.45, 2.75) is 116 Å². The summed E-state index contributed by atoms with van der Waals surface area (Å²) in [4.78, 5) is 24.9. The van der Waals surface area contributed by atoms with Crippen LogP contribution >= 0.6 is 23.2 Å². The molecule has 0 unspecified atom stereocenters. The quantitative estimate of drug-likeness (QED) is 0.0662. The van der Waals surface area contributed by atoms with Crippen LogP contribution in [0.5, 0.6) is 11.5 Å². The lowest BCUT2D eigenvalue weighted by molar-refractivity contribution is 0.292. The Hall–Kier alpha value is -4.56. The zero-order valence-electron chi connectivity index (χ0n) is 35.3. The Morgan fingerprint density at radius 3 is 1.42 bits per heavy atom. The fourth-order valence-corrected chi connectivity index (χ4v) is 7.02. The first-order valence-electron chi connectivity index (χ1n) is 19.8. The molecule has 0 radical (unpaired) electrons. The van der Waals surface area contributed by atoms with Crippen molar-refractivity contribution in [1.29, 1.82) is 0 Å². The van der Waals surface area contributed by atoms with Gasteiger partial charge in [0, 0.05) is 0 Å². The molecule has 15 heteroatoms. The minimum Gasteiger partial charge on any atom is -0.485 e. The minimum atomic E-state index is -3.72. The number of aryl methyl sites for hydroxylation is 3. The number of hydrogen-bond donors (Lipinski definition) is 0. The van der Waals surface area contributed by atoms with Gasteiger partial charge in [-0.05, 0) is 121 Å². The molecule has 0 atom stereocenters. The molecular weight excluding hydrogens is 830 g/mol. The molecule has 0 aliphatic carbocycles. The van der Waals surface area contributed by atoms with Crippen LogP contribution in [-0.2, 0) is 51.4 Å². The fraction of sp³-hybridized carbons (Fsp3) is 0.422. The van der Waals surface area contributed by atoms with Crippen LogP contribution in [0.3, 0.4) is 0 Å². The lowest BCUT2D eigenvalue weighted by atomic mass is 10.1. The number of aromatic nitrogens is 4. The van der Waals surface area contributed by atoms with E-state index in [0.717, 1.165) is 47.9 Å². The normalized spacial score (nSPS) is 11.8. The summed E-state index contributed by atoms with van der Waals surface area (Å²) in [6.45, 7) is 13.6. The molecule has 60 heavy (non-hydrogen) atoms. The SMILES string of the molecule is CC(C)(C)n1ncc(OCc2ccc(CCCCF)cc2)c(Cl)c1=O.Cc1ccc(S(=O)(=O)OCCCCc2ccc(COc3cnn(C(C)(C)C)c(=O)c3Cl)cc2)cc1. The van der Waals surface area contributed by atoms with Crippen molar-refractivity contribution in [3.8, 4) is 11.5 Å². The highest BCUT2D eigenvalue weighted by Crippen LogP contribution is 2.24. The summed E-state index contributed by atoms with van der Waals surface area (Å²) in [7, 11) is -3.72. The third kappa shape index (κ3) is 14.3. The molecule has 5 rings (SSSR count).